The fourth-order valence-corrected chi connectivity index (χ4v) is 4.64. The van der Waals surface area contributed by atoms with Gasteiger partial charge in [0.15, 0.2) is 0 Å². The molecule has 0 amide bonds. The smallest absolute Gasteiger partial charge is 0.255 e. The Morgan fingerprint density at radius 2 is 1.88 bits per heavy atom. The van der Waals surface area contributed by atoms with Gasteiger partial charge in [0.2, 0.25) is 0 Å². The van der Waals surface area contributed by atoms with Crippen LogP contribution in [0, 0.1) is 0 Å². The number of aromatic nitrogens is 3. The molecule has 1 aliphatic heterocycles. The van der Waals surface area contributed by atoms with E-state index in [0.29, 0.717) is 10.8 Å². The Balaban J connectivity index is 1.40. The Kier molecular flexibility index (Phi) is 5.72. The van der Waals surface area contributed by atoms with Crippen LogP contribution in [0.4, 0.5) is 0 Å². The highest BCUT2D eigenvalue weighted by atomic mass is 35.5. The second-order valence-electron chi connectivity index (χ2n) is 8.13. The lowest BCUT2D eigenvalue weighted by atomic mass is 10.1. The minimum Gasteiger partial charge on any atom is -0.497 e. The van der Waals surface area contributed by atoms with Crippen LogP contribution in [0.15, 0.2) is 65.7 Å². The van der Waals surface area contributed by atoms with Crippen molar-refractivity contribution in [2.75, 3.05) is 26.7 Å². The highest BCUT2D eigenvalue weighted by molar-refractivity contribution is 6.33. The van der Waals surface area contributed by atoms with E-state index in [9.17, 15) is 4.79 Å². The molecular weight excluding hydrogens is 424 g/mol. The number of pyridine rings is 1. The molecule has 7 heteroatoms. The van der Waals surface area contributed by atoms with E-state index in [1.54, 1.807) is 30.0 Å². The molecule has 164 valence electrons. The van der Waals surface area contributed by atoms with Gasteiger partial charge in [0, 0.05) is 35.4 Å². The number of likely N-dealkylation sites (tertiary alicyclic amines) is 1. The van der Waals surface area contributed by atoms with Gasteiger partial charge in [-0.2, -0.15) is 5.10 Å². The lowest BCUT2D eigenvalue weighted by Crippen LogP contribution is -2.24. The minimum atomic E-state index is -0.116. The maximum absolute atomic E-state index is 12.9. The number of fused-ring (bicyclic) bond motifs is 1. The molecule has 0 atom stereocenters. The molecule has 4 aromatic rings. The number of ether oxygens (including phenoxy) is 1. The summed E-state index contributed by atoms with van der Waals surface area (Å²) in [7, 11) is 1.60. The third-order valence-electron chi connectivity index (χ3n) is 6.14. The molecule has 0 aliphatic carbocycles. The second-order valence-corrected chi connectivity index (χ2v) is 8.54. The predicted octanol–water partition coefficient (Wildman–Crippen LogP) is 4.61. The molecule has 32 heavy (non-hydrogen) atoms. The van der Waals surface area contributed by atoms with Gasteiger partial charge in [-0.3, -0.25) is 14.0 Å². The third-order valence-corrected chi connectivity index (χ3v) is 6.45. The van der Waals surface area contributed by atoms with Crippen LogP contribution >= 0.6 is 11.6 Å². The van der Waals surface area contributed by atoms with Gasteiger partial charge in [0.05, 0.1) is 30.4 Å². The molecule has 0 N–H and O–H groups in total. The van der Waals surface area contributed by atoms with Gasteiger partial charge < -0.3 is 9.64 Å². The molecule has 6 nitrogen and oxygen atoms in total. The number of rotatable bonds is 6. The van der Waals surface area contributed by atoms with Crippen LogP contribution in [0.2, 0.25) is 5.02 Å². The Morgan fingerprint density at radius 1 is 1.03 bits per heavy atom. The molecular formula is C25H25ClN4O2. The first-order valence-corrected chi connectivity index (χ1v) is 11.2. The Hall–Kier alpha value is -3.09. The zero-order valence-electron chi connectivity index (χ0n) is 18.0. The van der Waals surface area contributed by atoms with Crippen LogP contribution in [0.5, 0.6) is 5.75 Å². The SMILES string of the molecule is COc1ccc(-c2ccn(-c3ccc4c(cnn4CCN4CCCC4)c3)c(=O)c2)c(Cl)c1. The van der Waals surface area contributed by atoms with E-state index in [4.69, 9.17) is 16.3 Å². The van der Waals surface area contributed by atoms with E-state index in [-0.39, 0.29) is 5.56 Å². The molecule has 3 heterocycles. The first-order valence-electron chi connectivity index (χ1n) is 10.9. The Labute approximate surface area is 191 Å². The number of hydrogen-bond donors (Lipinski definition) is 0. The predicted molar refractivity (Wildman–Crippen MR) is 128 cm³/mol. The summed E-state index contributed by atoms with van der Waals surface area (Å²) in [5, 5.41) is 6.14. The first kappa shape index (κ1) is 20.8. The van der Waals surface area contributed by atoms with Gasteiger partial charge in [0.25, 0.3) is 5.56 Å². The monoisotopic (exact) mass is 448 g/mol. The lowest BCUT2D eigenvalue weighted by molar-refractivity contribution is 0.318. The fraction of sp³-hybridized carbons (Fsp3) is 0.280. The van der Waals surface area contributed by atoms with Gasteiger partial charge in [0.1, 0.15) is 5.75 Å². The molecule has 0 bridgehead atoms. The maximum atomic E-state index is 12.9. The van der Waals surface area contributed by atoms with Gasteiger partial charge in [-0.15, -0.1) is 0 Å². The molecule has 1 fully saturated rings. The van der Waals surface area contributed by atoms with Crippen LogP contribution in [0.1, 0.15) is 12.8 Å². The molecule has 0 spiro atoms. The van der Waals surface area contributed by atoms with Crippen LogP contribution < -0.4 is 10.3 Å². The van der Waals surface area contributed by atoms with Gasteiger partial charge in [-0.05, 0) is 74.0 Å². The summed E-state index contributed by atoms with van der Waals surface area (Å²) in [6, 6.07) is 15.0. The van der Waals surface area contributed by atoms with Crippen molar-refractivity contribution >= 4 is 22.5 Å². The van der Waals surface area contributed by atoms with Crippen molar-refractivity contribution in [2.24, 2.45) is 0 Å². The summed E-state index contributed by atoms with van der Waals surface area (Å²) in [6.45, 7) is 4.27. The van der Waals surface area contributed by atoms with Gasteiger partial charge in [-0.1, -0.05) is 11.6 Å². The fourth-order valence-electron chi connectivity index (χ4n) is 4.36. The first-order chi connectivity index (χ1) is 15.6. The number of benzene rings is 2. The highest BCUT2D eigenvalue weighted by Gasteiger charge is 2.13. The van der Waals surface area contributed by atoms with Crippen LogP contribution in [-0.2, 0) is 6.54 Å². The number of hydrogen-bond acceptors (Lipinski definition) is 4. The van der Waals surface area contributed by atoms with Crippen LogP contribution in [0.3, 0.4) is 0 Å². The average Bonchev–Trinajstić information content (AvgIpc) is 3.47. The summed E-state index contributed by atoms with van der Waals surface area (Å²) in [6.07, 6.45) is 6.25. The summed E-state index contributed by atoms with van der Waals surface area (Å²) in [4.78, 5) is 15.4. The topological polar surface area (TPSA) is 52.3 Å². The molecule has 5 rings (SSSR count). The van der Waals surface area contributed by atoms with E-state index in [1.807, 2.05) is 42.6 Å². The summed E-state index contributed by atoms with van der Waals surface area (Å²) in [5.41, 5.74) is 3.35. The van der Waals surface area contributed by atoms with Crippen molar-refractivity contribution in [1.29, 1.82) is 0 Å². The van der Waals surface area contributed by atoms with E-state index in [0.717, 1.165) is 40.8 Å². The number of methoxy groups -OCH3 is 1. The van der Waals surface area contributed by atoms with Crippen molar-refractivity contribution < 1.29 is 4.74 Å². The van der Waals surface area contributed by atoms with E-state index >= 15 is 0 Å². The lowest BCUT2D eigenvalue weighted by Gasteiger charge is -2.14. The molecule has 2 aromatic heterocycles. The van der Waals surface area contributed by atoms with Crippen molar-refractivity contribution in [3.8, 4) is 22.6 Å². The zero-order valence-corrected chi connectivity index (χ0v) is 18.8. The molecule has 0 radical (unpaired) electrons. The van der Waals surface area contributed by atoms with Gasteiger partial charge >= 0.3 is 0 Å². The molecule has 1 aliphatic rings. The van der Waals surface area contributed by atoms with Crippen LogP contribution in [-0.4, -0.2) is 46.0 Å². The normalized spacial score (nSPS) is 14.3. The third kappa shape index (κ3) is 4.04. The largest absolute Gasteiger partial charge is 0.497 e. The number of nitrogens with zero attached hydrogens (tertiary/aromatic N) is 4. The van der Waals surface area contributed by atoms with Crippen molar-refractivity contribution in [3.05, 3.63) is 76.3 Å². The van der Waals surface area contributed by atoms with E-state index < -0.39 is 0 Å². The van der Waals surface area contributed by atoms with Crippen LogP contribution in [0.25, 0.3) is 27.7 Å². The van der Waals surface area contributed by atoms with Crippen molar-refractivity contribution in [3.63, 3.8) is 0 Å². The van der Waals surface area contributed by atoms with Gasteiger partial charge in [-0.25, -0.2) is 0 Å². The molecule has 1 saturated heterocycles. The average molecular weight is 449 g/mol. The van der Waals surface area contributed by atoms with E-state index in [1.165, 1.54) is 25.9 Å². The highest BCUT2D eigenvalue weighted by Crippen LogP contribution is 2.30. The Morgan fingerprint density at radius 3 is 2.62 bits per heavy atom. The molecule has 2 aromatic carbocycles. The summed E-state index contributed by atoms with van der Waals surface area (Å²) >= 11 is 6.39. The number of halogens is 1. The Bertz CT molecular complexity index is 1320. The second kappa shape index (κ2) is 8.81. The minimum absolute atomic E-state index is 0.116. The van der Waals surface area contributed by atoms with Crippen molar-refractivity contribution in [2.45, 2.75) is 19.4 Å². The van der Waals surface area contributed by atoms with E-state index in [2.05, 4.69) is 14.7 Å². The van der Waals surface area contributed by atoms with Crippen molar-refractivity contribution in [1.82, 2.24) is 19.2 Å². The maximum Gasteiger partial charge on any atom is 0.255 e. The molecule has 0 saturated carbocycles. The zero-order chi connectivity index (χ0) is 22.1. The summed E-state index contributed by atoms with van der Waals surface area (Å²) in [5.74, 6) is 0.682. The standard InChI is InChI=1S/C25H25ClN4O2/c1-32-21-5-6-22(23(26)16-21)18-8-11-29(25(31)15-18)20-4-7-24-19(14-20)17-27-30(24)13-12-28-9-2-3-10-28/h4-8,11,14-17H,2-3,9-10,12-13H2,1H3. The summed E-state index contributed by atoms with van der Waals surface area (Å²) < 4.78 is 8.90. The molecule has 0 unspecified atom stereocenters. The quantitative estimate of drug-likeness (QED) is 0.432.